The van der Waals surface area contributed by atoms with Crippen LogP contribution in [0.3, 0.4) is 0 Å². The molecule has 0 aliphatic heterocycles. The number of carbonyl (C=O) groups is 4. The molecule has 0 aliphatic rings. The van der Waals surface area contributed by atoms with Crippen molar-refractivity contribution >= 4 is 23.9 Å². The number of hydrogen-bond donors (Lipinski definition) is 2. The lowest BCUT2D eigenvalue weighted by molar-refractivity contribution is -0.150. The molecule has 9 nitrogen and oxygen atoms in total. The fraction of sp³-hybridized carbons (Fsp3) is 0.677. The van der Waals surface area contributed by atoms with E-state index in [-0.39, 0.29) is 31.4 Å². The Morgan fingerprint density at radius 1 is 1.00 bits per heavy atom. The van der Waals surface area contributed by atoms with Crippen LogP contribution in [0.4, 0.5) is 4.79 Å². The molecule has 3 amide bonds. The van der Waals surface area contributed by atoms with E-state index >= 15 is 0 Å². The second-order valence-electron chi connectivity index (χ2n) is 12.3. The van der Waals surface area contributed by atoms with Crippen molar-refractivity contribution in [1.82, 2.24) is 15.5 Å². The van der Waals surface area contributed by atoms with Crippen LogP contribution in [-0.4, -0.2) is 59.1 Å². The van der Waals surface area contributed by atoms with Gasteiger partial charge >= 0.3 is 12.1 Å². The summed E-state index contributed by atoms with van der Waals surface area (Å²) in [7, 11) is 0. The van der Waals surface area contributed by atoms with Crippen LogP contribution in [-0.2, 0) is 23.9 Å². The number of hydrogen-bond acceptors (Lipinski definition) is 6. The van der Waals surface area contributed by atoms with E-state index in [4.69, 9.17) is 9.47 Å². The molecule has 0 bridgehead atoms. The van der Waals surface area contributed by atoms with Gasteiger partial charge in [-0.25, -0.2) is 4.79 Å². The van der Waals surface area contributed by atoms with Gasteiger partial charge in [0.15, 0.2) is 0 Å². The third-order valence-electron chi connectivity index (χ3n) is 6.61. The molecule has 9 heteroatoms. The average Bonchev–Trinajstić information content (AvgIpc) is 2.80. The van der Waals surface area contributed by atoms with Crippen molar-refractivity contribution in [2.45, 2.75) is 119 Å². The van der Waals surface area contributed by atoms with Gasteiger partial charge in [0.1, 0.15) is 17.7 Å². The minimum absolute atomic E-state index is 0.0144. The van der Waals surface area contributed by atoms with Crippen molar-refractivity contribution in [3.8, 4) is 0 Å². The molecule has 2 atom stereocenters. The Labute approximate surface area is 240 Å². The first-order chi connectivity index (χ1) is 18.4. The van der Waals surface area contributed by atoms with E-state index in [0.29, 0.717) is 18.4 Å². The summed E-state index contributed by atoms with van der Waals surface area (Å²) in [4.78, 5) is 54.7. The normalized spacial score (nSPS) is 13.3. The number of esters is 1. The summed E-state index contributed by atoms with van der Waals surface area (Å²) < 4.78 is 10.5. The van der Waals surface area contributed by atoms with Gasteiger partial charge in [-0.15, -0.1) is 0 Å². The predicted molar refractivity (Wildman–Crippen MR) is 157 cm³/mol. The highest BCUT2D eigenvalue weighted by Crippen LogP contribution is 2.34. The molecule has 0 spiro atoms. The van der Waals surface area contributed by atoms with Crippen LogP contribution in [0.5, 0.6) is 0 Å². The SMILES string of the molecule is CCOC(=O)CCNC(=O)C(c1ccc(C)cc1C)N(C(=O)C(CC(C)C)NC(=O)OC(C)(C)C)C(C)(C)CC. The van der Waals surface area contributed by atoms with Gasteiger partial charge in [0.2, 0.25) is 11.8 Å². The smallest absolute Gasteiger partial charge is 0.408 e. The Bertz CT molecular complexity index is 1030. The molecular weight excluding hydrogens is 510 g/mol. The summed E-state index contributed by atoms with van der Waals surface area (Å²) in [5, 5.41) is 5.63. The van der Waals surface area contributed by atoms with Crippen molar-refractivity contribution in [3.05, 3.63) is 34.9 Å². The first-order valence-corrected chi connectivity index (χ1v) is 14.3. The summed E-state index contributed by atoms with van der Waals surface area (Å²) in [6.45, 7) is 20.9. The van der Waals surface area contributed by atoms with Gasteiger partial charge < -0.3 is 25.0 Å². The fourth-order valence-electron chi connectivity index (χ4n) is 4.40. The molecule has 40 heavy (non-hydrogen) atoms. The summed E-state index contributed by atoms with van der Waals surface area (Å²) in [5.74, 6) is -1.12. The zero-order valence-corrected chi connectivity index (χ0v) is 26.4. The summed E-state index contributed by atoms with van der Waals surface area (Å²) >= 11 is 0. The van der Waals surface area contributed by atoms with Crippen LogP contribution in [0.25, 0.3) is 0 Å². The van der Waals surface area contributed by atoms with Crippen LogP contribution in [0, 0.1) is 19.8 Å². The molecule has 0 saturated carbocycles. The number of carbonyl (C=O) groups excluding carboxylic acids is 4. The molecule has 1 rings (SSSR count). The lowest BCUT2D eigenvalue weighted by Crippen LogP contribution is -2.59. The molecule has 0 heterocycles. The average molecular weight is 562 g/mol. The van der Waals surface area contributed by atoms with E-state index in [0.717, 1.165) is 11.1 Å². The standard InChI is InChI=1S/C31H51N3O6/c1-12-31(10,11)34(28(37)24(18-20(3)4)33-29(38)40-30(7,8)9)26(23-15-14-21(5)19-22(23)6)27(36)32-17-16-25(35)39-13-2/h14-15,19-20,24,26H,12-13,16-18H2,1-11H3,(H,32,36)(H,33,38). The Kier molecular flexibility index (Phi) is 13.1. The van der Waals surface area contributed by atoms with E-state index < -0.39 is 41.2 Å². The lowest BCUT2D eigenvalue weighted by atomic mass is 9.89. The zero-order valence-electron chi connectivity index (χ0n) is 26.4. The molecule has 0 radical (unpaired) electrons. The Hall–Kier alpha value is -3.10. The van der Waals surface area contributed by atoms with Crippen molar-refractivity contribution in [3.63, 3.8) is 0 Å². The van der Waals surface area contributed by atoms with E-state index in [1.54, 1.807) is 32.6 Å². The van der Waals surface area contributed by atoms with Gasteiger partial charge in [0.25, 0.3) is 0 Å². The van der Waals surface area contributed by atoms with E-state index in [9.17, 15) is 19.2 Å². The number of benzene rings is 1. The Morgan fingerprint density at radius 2 is 1.62 bits per heavy atom. The van der Waals surface area contributed by atoms with Crippen LogP contribution in [0.15, 0.2) is 18.2 Å². The number of ether oxygens (including phenoxy) is 2. The first kappa shape index (κ1) is 34.9. The maximum Gasteiger partial charge on any atom is 0.408 e. The monoisotopic (exact) mass is 561 g/mol. The van der Waals surface area contributed by atoms with E-state index in [2.05, 4.69) is 10.6 Å². The molecule has 0 aliphatic carbocycles. The van der Waals surface area contributed by atoms with Crippen molar-refractivity contribution in [1.29, 1.82) is 0 Å². The Balaban J connectivity index is 3.63. The fourth-order valence-corrected chi connectivity index (χ4v) is 4.40. The number of alkyl carbamates (subject to hydrolysis) is 1. The van der Waals surface area contributed by atoms with Gasteiger partial charge in [0.05, 0.1) is 13.0 Å². The highest BCUT2D eigenvalue weighted by molar-refractivity contribution is 5.93. The molecular formula is C31H51N3O6. The van der Waals surface area contributed by atoms with E-state index in [1.165, 1.54) is 0 Å². The summed E-state index contributed by atoms with van der Waals surface area (Å²) in [6, 6.07) is 3.83. The number of rotatable bonds is 13. The molecule has 2 unspecified atom stereocenters. The number of nitrogens with zero attached hydrogens (tertiary/aromatic N) is 1. The summed E-state index contributed by atoms with van der Waals surface area (Å²) in [6.07, 6.45) is 0.235. The van der Waals surface area contributed by atoms with Gasteiger partial charge in [-0.1, -0.05) is 44.5 Å². The minimum Gasteiger partial charge on any atom is -0.466 e. The number of amides is 3. The molecule has 1 aromatic rings. The van der Waals surface area contributed by atoms with Crippen LogP contribution >= 0.6 is 0 Å². The largest absolute Gasteiger partial charge is 0.466 e. The lowest BCUT2D eigenvalue weighted by Gasteiger charge is -2.45. The number of aryl methyl sites for hydroxylation is 2. The van der Waals surface area contributed by atoms with Gasteiger partial charge in [-0.2, -0.15) is 0 Å². The molecule has 0 aromatic heterocycles. The van der Waals surface area contributed by atoms with Crippen LogP contribution < -0.4 is 10.6 Å². The van der Waals surface area contributed by atoms with Crippen molar-refractivity contribution < 1.29 is 28.7 Å². The van der Waals surface area contributed by atoms with Crippen LogP contribution in [0.1, 0.15) is 104 Å². The van der Waals surface area contributed by atoms with Gasteiger partial charge in [-0.05, 0) is 85.3 Å². The third kappa shape index (κ3) is 10.8. The quantitative estimate of drug-likeness (QED) is 0.313. The second-order valence-corrected chi connectivity index (χ2v) is 12.3. The predicted octanol–water partition coefficient (Wildman–Crippen LogP) is 5.37. The van der Waals surface area contributed by atoms with Crippen molar-refractivity contribution in [2.24, 2.45) is 5.92 Å². The highest BCUT2D eigenvalue weighted by Gasteiger charge is 2.43. The second kappa shape index (κ2) is 15.1. The zero-order chi connectivity index (χ0) is 30.8. The van der Waals surface area contributed by atoms with E-state index in [1.807, 2.05) is 66.7 Å². The van der Waals surface area contributed by atoms with Crippen molar-refractivity contribution in [2.75, 3.05) is 13.2 Å². The first-order valence-electron chi connectivity index (χ1n) is 14.3. The summed E-state index contributed by atoms with van der Waals surface area (Å²) in [5.41, 5.74) is 1.06. The number of nitrogens with one attached hydrogen (secondary N) is 2. The third-order valence-corrected chi connectivity index (χ3v) is 6.61. The highest BCUT2D eigenvalue weighted by atomic mass is 16.6. The van der Waals surface area contributed by atoms with Gasteiger partial charge in [-0.3, -0.25) is 14.4 Å². The molecule has 0 fully saturated rings. The topological polar surface area (TPSA) is 114 Å². The maximum atomic E-state index is 14.5. The van der Waals surface area contributed by atoms with Gasteiger partial charge in [0, 0.05) is 12.1 Å². The Morgan fingerprint density at radius 3 is 2.12 bits per heavy atom. The van der Waals surface area contributed by atoms with Crippen LogP contribution in [0.2, 0.25) is 0 Å². The molecule has 0 saturated heterocycles. The maximum absolute atomic E-state index is 14.5. The molecule has 226 valence electrons. The molecule has 1 aromatic carbocycles. The minimum atomic E-state index is -1.000. The molecule has 2 N–H and O–H groups in total.